The number of nitrogens with zero attached hydrogens (tertiary/aromatic N) is 3. The van der Waals surface area contributed by atoms with Crippen molar-refractivity contribution in [2.24, 2.45) is 11.0 Å². The van der Waals surface area contributed by atoms with Gasteiger partial charge in [-0.2, -0.15) is 0 Å². The predicted molar refractivity (Wildman–Crippen MR) is 87.1 cm³/mol. The molecule has 0 aliphatic carbocycles. The van der Waals surface area contributed by atoms with Crippen molar-refractivity contribution in [1.29, 1.82) is 0 Å². The summed E-state index contributed by atoms with van der Waals surface area (Å²) in [5.74, 6) is 0.267. The van der Waals surface area contributed by atoms with Crippen LogP contribution in [0, 0.1) is 5.92 Å². The number of esters is 1. The maximum absolute atomic E-state index is 12.0. The number of ether oxygens (including phenoxy) is 1. The van der Waals surface area contributed by atoms with Gasteiger partial charge in [-0.3, -0.25) is 4.79 Å². The van der Waals surface area contributed by atoms with Gasteiger partial charge in [-0.15, -0.1) is 0 Å². The van der Waals surface area contributed by atoms with E-state index in [9.17, 15) is 4.79 Å². The van der Waals surface area contributed by atoms with Crippen molar-refractivity contribution in [2.75, 3.05) is 0 Å². The first-order valence-electron chi connectivity index (χ1n) is 7.71. The molecular formula is C17H25N3O2. The van der Waals surface area contributed by atoms with Gasteiger partial charge in [0.25, 0.3) is 0 Å². The Bertz CT molecular complexity index is 510. The van der Waals surface area contributed by atoms with Gasteiger partial charge in [0.05, 0.1) is 12.0 Å². The Morgan fingerprint density at radius 1 is 1.36 bits per heavy atom. The fourth-order valence-corrected chi connectivity index (χ4v) is 2.27. The van der Waals surface area contributed by atoms with E-state index in [1.165, 1.54) is 0 Å². The molecule has 0 spiro atoms. The predicted octanol–water partition coefficient (Wildman–Crippen LogP) is 5.02. The molecule has 0 fully saturated rings. The van der Waals surface area contributed by atoms with Crippen molar-refractivity contribution < 1.29 is 9.53 Å². The summed E-state index contributed by atoms with van der Waals surface area (Å²) in [4.78, 5) is 14.9. The van der Waals surface area contributed by atoms with Crippen molar-refractivity contribution in [3.63, 3.8) is 0 Å². The first-order valence-corrected chi connectivity index (χ1v) is 7.71. The van der Waals surface area contributed by atoms with Gasteiger partial charge in [0, 0.05) is 4.91 Å². The van der Waals surface area contributed by atoms with E-state index in [0.29, 0.717) is 12.3 Å². The summed E-state index contributed by atoms with van der Waals surface area (Å²) in [6, 6.07) is 9.53. The minimum atomic E-state index is -0.711. The second kappa shape index (κ2) is 9.11. The molecule has 5 heteroatoms. The molecule has 1 aromatic carbocycles. The fourth-order valence-electron chi connectivity index (χ4n) is 2.27. The smallest absolute Gasteiger partial charge is 0.306 e. The molecule has 0 radical (unpaired) electrons. The molecule has 0 bridgehead atoms. The fraction of sp³-hybridized carbons (Fsp3) is 0.588. The van der Waals surface area contributed by atoms with Crippen molar-refractivity contribution in [3.05, 3.63) is 46.3 Å². The van der Waals surface area contributed by atoms with Crippen LogP contribution >= 0.6 is 0 Å². The van der Waals surface area contributed by atoms with Crippen LogP contribution in [0.1, 0.15) is 52.0 Å². The Morgan fingerprint density at radius 2 is 2.05 bits per heavy atom. The van der Waals surface area contributed by atoms with E-state index in [0.717, 1.165) is 18.4 Å². The van der Waals surface area contributed by atoms with E-state index in [4.69, 9.17) is 10.3 Å². The molecule has 1 rings (SSSR count). The maximum atomic E-state index is 12.0. The van der Waals surface area contributed by atoms with Gasteiger partial charge in [0.1, 0.15) is 6.61 Å². The molecule has 0 saturated heterocycles. The van der Waals surface area contributed by atoms with Crippen LogP contribution in [0.4, 0.5) is 0 Å². The molecule has 5 nitrogen and oxygen atoms in total. The minimum Gasteiger partial charge on any atom is -0.461 e. The highest BCUT2D eigenvalue weighted by Gasteiger charge is 2.27. The standard InChI is InChI=1S/C17H25N3O2/c1-14(2)8-7-11-17(3,19-20-18)12-16(21)22-13-15-9-5-4-6-10-15/h4-6,9-10,14H,7-8,11-13H2,1-3H3. The number of benzene rings is 1. The Morgan fingerprint density at radius 3 is 2.64 bits per heavy atom. The second-order valence-electron chi connectivity index (χ2n) is 6.30. The molecule has 1 unspecified atom stereocenters. The van der Waals surface area contributed by atoms with E-state index in [-0.39, 0.29) is 19.0 Å². The lowest BCUT2D eigenvalue weighted by Gasteiger charge is -2.23. The van der Waals surface area contributed by atoms with E-state index in [1.807, 2.05) is 37.3 Å². The van der Waals surface area contributed by atoms with Crippen LogP contribution in [-0.4, -0.2) is 11.5 Å². The van der Waals surface area contributed by atoms with Crippen LogP contribution in [-0.2, 0) is 16.1 Å². The number of azide groups is 1. The third-order valence-electron chi connectivity index (χ3n) is 3.55. The van der Waals surface area contributed by atoms with Gasteiger partial charge >= 0.3 is 5.97 Å². The lowest BCUT2D eigenvalue weighted by molar-refractivity contribution is -0.146. The van der Waals surface area contributed by atoms with E-state index >= 15 is 0 Å². The van der Waals surface area contributed by atoms with Crippen molar-refractivity contribution in [3.8, 4) is 0 Å². The molecule has 1 atom stereocenters. The Balaban J connectivity index is 2.50. The van der Waals surface area contributed by atoms with Crippen molar-refractivity contribution >= 4 is 5.97 Å². The zero-order valence-electron chi connectivity index (χ0n) is 13.7. The molecule has 0 aromatic heterocycles. The molecule has 1 aromatic rings. The van der Waals surface area contributed by atoms with Gasteiger partial charge in [-0.25, -0.2) is 0 Å². The molecule has 0 aliphatic rings. The Labute approximate surface area is 132 Å². The molecular weight excluding hydrogens is 278 g/mol. The van der Waals surface area contributed by atoms with Crippen LogP contribution in [0.25, 0.3) is 10.4 Å². The minimum absolute atomic E-state index is 0.113. The first-order chi connectivity index (χ1) is 10.4. The van der Waals surface area contributed by atoms with Gasteiger partial charge < -0.3 is 4.74 Å². The van der Waals surface area contributed by atoms with Gasteiger partial charge in [-0.1, -0.05) is 69.1 Å². The van der Waals surface area contributed by atoms with Crippen LogP contribution in [0.5, 0.6) is 0 Å². The number of rotatable bonds is 9. The van der Waals surface area contributed by atoms with Crippen LogP contribution in [0.15, 0.2) is 35.4 Å². The van der Waals surface area contributed by atoms with E-state index in [1.54, 1.807) is 0 Å². The summed E-state index contributed by atoms with van der Waals surface area (Å²) in [6.45, 7) is 6.37. The summed E-state index contributed by atoms with van der Waals surface area (Å²) < 4.78 is 5.28. The summed E-state index contributed by atoms with van der Waals surface area (Å²) in [5.41, 5.74) is 8.97. The third kappa shape index (κ3) is 7.14. The third-order valence-corrected chi connectivity index (χ3v) is 3.55. The van der Waals surface area contributed by atoms with Crippen LogP contribution in [0.2, 0.25) is 0 Å². The lowest BCUT2D eigenvalue weighted by atomic mass is 9.90. The summed E-state index contributed by atoms with van der Waals surface area (Å²) >= 11 is 0. The molecule has 0 N–H and O–H groups in total. The summed E-state index contributed by atoms with van der Waals surface area (Å²) in [7, 11) is 0. The lowest BCUT2D eigenvalue weighted by Crippen LogP contribution is -2.26. The average molecular weight is 303 g/mol. The number of hydrogen-bond acceptors (Lipinski definition) is 3. The van der Waals surface area contributed by atoms with Gasteiger partial charge in [0.15, 0.2) is 0 Å². The molecule has 0 heterocycles. The highest BCUT2D eigenvalue weighted by molar-refractivity contribution is 5.70. The number of carbonyl (C=O) groups is 1. The molecule has 0 saturated carbocycles. The van der Waals surface area contributed by atoms with Gasteiger partial charge in [0.2, 0.25) is 0 Å². The van der Waals surface area contributed by atoms with Crippen LogP contribution in [0.3, 0.4) is 0 Å². The second-order valence-corrected chi connectivity index (χ2v) is 6.30. The number of hydrogen-bond donors (Lipinski definition) is 0. The molecule has 0 amide bonds. The first kappa shape index (κ1) is 18.1. The Hall–Kier alpha value is -2.00. The zero-order valence-corrected chi connectivity index (χ0v) is 13.7. The molecule has 22 heavy (non-hydrogen) atoms. The van der Waals surface area contributed by atoms with E-state index in [2.05, 4.69) is 23.9 Å². The normalized spacial score (nSPS) is 13.3. The summed E-state index contributed by atoms with van der Waals surface area (Å²) in [5, 5.41) is 3.83. The molecule has 0 aliphatic heterocycles. The van der Waals surface area contributed by atoms with E-state index < -0.39 is 5.54 Å². The molecule has 120 valence electrons. The largest absolute Gasteiger partial charge is 0.461 e. The monoisotopic (exact) mass is 303 g/mol. The van der Waals surface area contributed by atoms with Gasteiger partial charge in [-0.05, 0) is 23.4 Å². The summed E-state index contributed by atoms with van der Waals surface area (Å²) in [6.07, 6.45) is 2.78. The average Bonchev–Trinajstić information content (AvgIpc) is 2.46. The zero-order chi connectivity index (χ0) is 16.4. The maximum Gasteiger partial charge on any atom is 0.306 e. The van der Waals surface area contributed by atoms with Crippen LogP contribution < -0.4 is 0 Å². The van der Waals surface area contributed by atoms with Crippen molar-refractivity contribution in [1.82, 2.24) is 0 Å². The highest BCUT2D eigenvalue weighted by atomic mass is 16.5. The highest BCUT2D eigenvalue weighted by Crippen LogP contribution is 2.25. The van der Waals surface area contributed by atoms with Crippen molar-refractivity contribution in [2.45, 2.75) is 58.6 Å². The topological polar surface area (TPSA) is 75.1 Å². The quantitative estimate of drug-likeness (QED) is 0.278. The Kier molecular flexibility index (Phi) is 7.47. The number of carbonyl (C=O) groups excluding carboxylic acids is 1. The SMILES string of the molecule is CC(C)CCCC(C)(CC(=O)OCc1ccccc1)N=[N+]=[N-].